The smallest absolute Gasteiger partial charge is 0.314 e. The molecule has 0 heterocycles. The maximum absolute atomic E-state index is 12.8. The summed E-state index contributed by atoms with van der Waals surface area (Å²) in [6.07, 6.45) is 13.0. The molecule has 4 rings (SSSR count). The maximum Gasteiger partial charge on any atom is 0.314 e. The van der Waals surface area contributed by atoms with Crippen LogP contribution in [0.5, 0.6) is 11.5 Å². The lowest BCUT2D eigenvalue weighted by molar-refractivity contribution is -0.152. The molecule has 2 unspecified atom stereocenters. The van der Waals surface area contributed by atoms with Crippen molar-refractivity contribution >= 4 is 23.9 Å². The second kappa shape index (κ2) is 17.8. The first kappa shape index (κ1) is 35.9. The quantitative estimate of drug-likeness (QED) is 0.161. The maximum atomic E-state index is 12.8. The van der Waals surface area contributed by atoms with Crippen molar-refractivity contribution in [2.24, 2.45) is 29.6 Å². The molecule has 2 atom stereocenters. The van der Waals surface area contributed by atoms with E-state index < -0.39 is 11.9 Å². The highest BCUT2D eigenvalue weighted by Gasteiger charge is 2.33. The van der Waals surface area contributed by atoms with Crippen LogP contribution >= 0.6 is 0 Å². The Bertz CT molecular complexity index is 1120. The summed E-state index contributed by atoms with van der Waals surface area (Å²) in [5, 5.41) is 8.68. The zero-order valence-electron chi connectivity index (χ0n) is 28.0. The molecule has 0 bridgehead atoms. The van der Waals surface area contributed by atoms with Crippen LogP contribution in [-0.2, 0) is 28.7 Å². The highest BCUT2D eigenvalue weighted by molar-refractivity contribution is 5.77. The van der Waals surface area contributed by atoms with E-state index in [0.29, 0.717) is 37.2 Å². The summed E-state index contributed by atoms with van der Waals surface area (Å²) in [5.41, 5.74) is 0. The summed E-state index contributed by atoms with van der Waals surface area (Å²) in [6.45, 7) is 6.14. The van der Waals surface area contributed by atoms with E-state index in [-0.39, 0.29) is 54.9 Å². The number of benzene rings is 1. The molecule has 0 radical (unpaired) electrons. The van der Waals surface area contributed by atoms with Gasteiger partial charge in [-0.15, -0.1) is 0 Å². The molecule has 46 heavy (non-hydrogen) atoms. The van der Waals surface area contributed by atoms with Crippen molar-refractivity contribution < 1.29 is 43.2 Å². The second-order valence-corrected chi connectivity index (χ2v) is 14.1. The van der Waals surface area contributed by atoms with E-state index in [4.69, 9.17) is 24.1 Å². The number of esters is 3. The third kappa shape index (κ3) is 11.7. The fourth-order valence-corrected chi connectivity index (χ4v) is 7.41. The van der Waals surface area contributed by atoms with E-state index in [0.717, 1.165) is 56.3 Å². The number of carboxylic acids is 1. The summed E-state index contributed by atoms with van der Waals surface area (Å²) in [6, 6.07) is 6.75. The van der Waals surface area contributed by atoms with Gasteiger partial charge < -0.3 is 24.1 Å². The molecule has 1 aromatic carbocycles. The lowest BCUT2D eigenvalue weighted by atomic mass is 9.69. The highest BCUT2D eigenvalue weighted by Crippen LogP contribution is 2.41. The Hall–Kier alpha value is -2.94. The molecule has 3 aliphatic rings. The van der Waals surface area contributed by atoms with Crippen LogP contribution in [0.1, 0.15) is 124 Å². The number of carboxylic acid groups (broad SMARTS) is 1. The standard InChI is InChI=1S/C37H54O9/c1-24-4-8-27(9-5-24)28-10-12-29(13-11-28)36(41)45-32-18-20-33(21-19-32)46-37(42)30-14-16-31(17-15-30)43-25(2)6-7-26(3)44-35(40)23-22-34(38)39/h18-21,24-31H,4-17,22-23H2,1-3H3,(H,38,39). The summed E-state index contributed by atoms with van der Waals surface area (Å²) in [5.74, 6) is 1.22. The highest BCUT2D eigenvalue weighted by atomic mass is 16.5. The van der Waals surface area contributed by atoms with Gasteiger partial charge in [0, 0.05) is 0 Å². The normalized spacial score (nSPS) is 28.0. The van der Waals surface area contributed by atoms with Gasteiger partial charge >= 0.3 is 23.9 Å². The summed E-state index contributed by atoms with van der Waals surface area (Å²) < 4.78 is 22.8. The van der Waals surface area contributed by atoms with Crippen molar-refractivity contribution in [1.82, 2.24) is 0 Å². The van der Waals surface area contributed by atoms with Crippen molar-refractivity contribution in [1.29, 1.82) is 0 Å². The average Bonchev–Trinajstić information content (AvgIpc) is 3.04. The van der Waals surface area contributed by atoms with E-state index in [1.54, 1.807) is 31.2 Å². The topological polar surface area (TPSA) is 125 Å². The monoisotopic (exact) mass is 642 g/mol. The van der Waals surface area contributed by atoms with E-state index in [1.807, 2.05) is 6.92 Å². The molecule has 256 valence electrons. The zero-order chi connectivity index (χ0) is 33.1. The molecule has 0 aromatic heterocycles. The van der Waals surface area contributed by atoms with Gasteiger partial charge in [0.25, 0.3) is 0 Å². The lowest BCUT2D eigenvalue weighted by Gasteiger charge is -2.36. The number of hydrogen-bond donors (Lipinski definition) is 1. The van der Waals surface area contributed by atoms with Crippen LogP contribution in [0.15, 0.2) is 24.3 Å². The molecular weight excluding hydrogens is 588 g/mol. The van der Waals surface area contributed by atoms with Crippen LogP contribution in [0.2, 0.25) is 0 Å². The van der Waals surface area contributed by atoms with Gasteiger partial charge in [0.1, 0.15) is 11.5 Å². The Labute approximate surface area is 274 Å². The molecule has 1 aromatic rings. The van der Waals surface area contributed by atoms with Crippen LogP contribution in [0, 0.1) is 29.6 Å². The van der Waals surface area contributed by atoms with Gasteiger partial charge in [-0.1, -0.05) is 19.8 Å². The van der Waals surface area contributed by atoms with Crippen molar-refractivity contribution in [3.05, 3.63) is 24.3 Å². The van der Waals surface area contributed by atoms with Gasteiger partial charge in [-0.05, 0) is 133 Å². The first-order chi connectivity index (χ1) is 22.0. The van der Waals surface area contributed by atoms with E-state index in [9.17, 15) is 19.2 Å². The minimum Gasteiger partial charge on any atom is -0.481 e. The van der Waals surface area contributed by atoms with E-state index in [1.165, 1.54) is 25.7 Å². The van der Waals surface area contributed by atoms with E-state index >= 15 is 0 Å². The zero-order valence-corrected chi connectivity index (χ0v) is 28.0. The van der Waals surface area contributed by atoms with Gasteiger partial charge in [0.15, 0.2) is 0 Å². The molecule has 0 spiro atoms. The molecule has 3 aliphatic carbocycles. The van der Waals surface area contributed by atoms with Crippen molar-refractivity contribution in [2.75, 3.05) is 0 Å². The first-order valence-corrected chi connectivity index (χ1v) is 17.7. The van der Waals surface area contributed by atoms with Gasteiger partial charge in [-0.2, -0.15) is 0 Å². The summed E-state index contributed by atoms with van der Waals surface area (Å²) >= 11 is 0. The second-order valence-electron chi connectivity index (χ2n) is 14.1. The third-order valence-corrected chi connectivity index (χ3v) is 10.4. The van der Waals surface area contributed by atoms with Gasteiger partial charge in [-0.3, -0.25) is 19.2 Å². The molecule has 9 nitrogen and oxygen atoms in total. The molecule has 1 N–H and O–H groups in total. The number of hydrogen-bond acceptors (Lipinski definition) is 8. The van der Waals surface area contributed by atoms with Crippen molar-refractivity contribution in [3.63, 3.8) is 0 Å². The Kier molecular flexibility index (Phi) is 13.9. The van der Waals surface area contributed by atoms with Crippen LogP contribution in [0.3, 0.4) is 0 Å². The fraction of sp³-hybridized carbons (Fsp3) is 0.730. The number of carbonyl (C=O) groups excluding carboxylic acids is 3. The molecule has 3 saturated carbocycles. The Morgan fingerprint density at radius 2 is 1.13 bits per heavy atom. The minimum atomic E-state index is -1.02. The van der Waals surface area contributed by atoms with Crippen LogP contribution in [-0.4, -0.2) is 47.3 Å². The number of ether oxygens (including phenoxy) is 4. The van der Waals surface area contributed by atoms with Gasteiger partial charge in [0.2, 0.25) is 0 Å². The average molecular weight is 643 g/mol. The molecular formula is C37H54O9. The summed E-state index contributed by atoms with van der Waals surface area (Å²) in [7, 11) is 0. The molecule has 0 saturated heterocycles. The predicted molar refractivity (Wildman–Crippen MR) is 172 cm³/mol. The van der Waals surface area contributed by atoms with Crippen molar-refractivity contribution in [3.8, 4) is 11.5 Å². The fourth-order valence-electron chi connectivity index (χ4n) is 7.41. The lowest BCUT2D eigenvalue weighted by Crippen LogP contribution is -2.31. The van der Waals surface area contributed by atoms with E-state index in [2.05, 4.69) is 6.92 Å². The molecule has 0 amide bonds. The van der Waals surface area contributed by atoms with Gasteiger partial charge in [0.05, 0.1) is 43.0 Å². The van der Waals surface area contributed by atoms with Crippen LogP contribution in [0.4, 0.5) is 0 Å². The summed E-state index contributed by atoms with van der Waals surface area (Å²) in [4.78, 5) is 48.0. The SMILES string of the molecule is CC1CCC(C2CCC(C(=O)Oc3ccc(OC(=O)C4CCC(OC(C)CCC(C)OC(=O)CCC(=O)O)CC4)cc3)CC2)CC1. The number of rotatable bonds is 14. The molecule has 0 aliphatic heterocycles. The first-order valence-electron chi connectivity index (χ1n) is 17.7. The third-order valence-electron chi connectivity index (χ3n) is 10.4. The largest absolute Gasteiger partial charge is 0.481 e. The van der Waals surface area contributed by atoms with Crippen molar-refractivity contribution in [2.45, 2.75) is 142 Å². The minimum absolute atomic E-state index is 0.0260. The Morgan fingerprint density at radius 1 is 0.674 bits per heavy atom. The Balaban J connectivity index is 1.09. The molecule has 9 heteroatoms. The van der Waals surface area contributed by atoms with Crippen LogP contribution < -0.4 is 9.47 Å². The Morgan fingerprint density at radius 3 is 1.63 bits per heavy atom. The number of aliphatic carboxylic acids is 1. The van der Waals surface area contributed by atoms with Gasteiger partial charge in [-0.25, -0.2) is 0 Å². The predicted octanol–water partition coefficient (Wildman–Crippen LogP) is 7.67. The molecule has 3 fully saturated rings. The number of carbonyl (C=O) groups is 4. The van der Waals surface area contributed by atoms with Crippen LogP contribution in [0.25, 0.3) is 0 Å².